The van der Waals surface area contributed by atoms with Gasteiger partial charge in [-0.1, -0.05) is 19.4 Å². The van der Waals surface area contributed by atoms with Crippen molar-refractivity contribution in [2.45, 2.75) is 30.2 Å². The number of alkyl halides is 3. The second-order valence-electron chi connectivity index (χ2n) is 6.86. The van der Waals surface area contributed by atoms with E-state index in [0.29, 0.717) is 0 Å². The number of hydrogen-bond donors (Lipinski definition) is 2. The second kappa shape index (κ2) is 8.27. The molecule has 2 rings (SSSR count). The first-order valence-electron chi connectivity index (χ1n) is 8.71. The molecule has 0 saturated heterocycles. The van der Waals surface area contributed by atoms with Gasteiger partial charge in [0.05, 0.1) is 5.57 Å². The van der Waals surface area contributed by atoms with Crippen molar-refractivity contribution in [3.63, 3.8) is 0 Å². The third-order valence-corrected chi connectivity index (χ3v) is 5.23. The Bertz CT molecular complexity index is 1070. The van der Waals surface area contributed by atoms with Crippen molar-refractivity contribution in [1.82, 2.24) is 0 Å². The highest BCUT2D eigenvalue weighted by molar-refractivity contribution is 8.45. The molecule has 1 aromatic carbocycles. The van der Waals surface area contributed by atoms with Crippen LogP contribution >= 0.6 is 10.2 Å². The summed E-state index contributed by atoms with van der Waals surface area (Å²) in [4.78, 5) is 38.7. The van der Waals surface area contributed by atoms with Gasteiger partial charge < -0.3 is 9.47 Å². The smallest absolute Gasteiger partial charge is 0.475 e. The number of carbonyl (C=O) groups excluding carboxylic acids is 1. The van der Waals surface area contributed by atoms with Crippen LogP contribution in [0.2, 0.25) is 0 Å². The minimum absolute atomic E-state index is 0.108. The molecule has 0 bridgehead atoms. The van der Waals surface area contributed by atoms with Crippen LogP contribution in [0.15, 0.2) is 22.6 Å². The highest BCUT2D eigenvalue weighted by Gasteiger charge is 2.65. The first kappa shape index (κ1) is 27.7. The maximum absolute atomic E-state index is 13.5. The lowest BCUT2D eigenvalue weighted by atomic mass is 9.99. The van der Waals surface area contributed by atoms with Gasteiger partial charge in [-0.25, -0.2) is 15.2 Å². The van der Waals surface area contributed by atoms with Crippen LogP contribution in [0.5, 0.6) is 5.75 Å². The van der Waals surface area contributed by atoms with Crippen molar-refractivity contribution in [1.29, 1.82) is 0 Å². The average molecular weight is 550 g/mol. The molecule has 11 nitrogen and oxygen atoms in total. The van der Waals surface area contributed by atoms with E-state index in [1.807, 2.05) is 0 Å². The Morgan fingerprint density at radius 3 is 2.03 bits per heavy atom. The predicted octanol–water partition coefficient (Wildman–Crippen LogP) is 4.47. The highest BCUT2D eigenvalue weighted by Crippen LogP contribution is 3.02. The van der Waals surface area contributed by atoms with Gasteiger partial charge in [-0.3, -0.25) is 0 Å². The van der Waals surface area contributed by atoms with Gasteiger partial charge in [-0.2, -0.15) is 22.8 Å². The zero-order valence-electron chi connectivity index (χ0n) is 16.9. The third-order valence-electron chi connectivity index (χ3n) is 4.10. The summed E-state index contributed by atoms with van der Waals surface area (Å²) in [6.45, 7) is -1.54. The van der Waals surface area contributed by atoms with Crippen molar-refractivity contribution in [3.8, 4) is 5.75 Å². The van der Waals surface area contributed by atoms with Crippen LogP contribution in [-0.2, 0) is 19.2 Å². The molecule has 198 valence electrons. The number of fused-ring (bicyclic) bond motifs is 1. The Morgan fingerprint density at radius 2 is 1.60 bits per heavy atom. The molecule has 0 aromatic heterocycles. The van der Waals surface area contributed by atoms with Crippen molar-refractivity contribution in [2.75, 3.05) is 13.2 Å². The van der Waals surface area contributed by atoms with E-state index in [2.05, 4.69) is 19.1 Å². The van der Waals surface area contributed by atoms with Crippen LogP contribution in [0.4, 0.5) is 32.6 Å². The quantitative estimate of drug-likeness (QED) is 0.259. The molecule has 0 aliphatic carbocycles. The highest BCUT2D eigenvalue weighted by atomic mass is 32.5. The molecule has 1 heterocycles. The largest absolute Gasteiger partial charge is 0.475 e. The Labute approximate surface area is 188 Å². The summed E-state index contributed by atoms with van der Waals surface area (Å²) < 4.78 is 116. The molecule has 1 aliphatic heterocycles. The normalized spacial score (nSPS) is 17.8. The zero-order chi connectivity index (χ0) is 27.0. The molecular formula is C15H14F8N2O9S+2. The van der Waals surface area contributed by atoms with Crippen molar-refractivity contribution in [2.24, 2.45) is 0 Å². The second-order valence-corrected chi connectivity index (χ2v) is 9.27. The van der Waals surface area contributed by atoms with Gasteiger partial charge in [0.15, 0.2) is 6.10 Å². The molecule has 0 radical (unpaired) electrons. The fourth-order valence-corrected chi connectivity index (χ4v) is 3.47. The Kier molecular flexibility index (Phi) is 6.54. The van der Waals surface area contributed by atoms with Gasteiger partial charge in [0.2, 0.25) is 19.3 Å². The average Bonchev–Trinajstić information content (AvgIpc) is 2.66. The van der Waals surface area contributed by atoms with Gasteiger partial charge in [-0.05, 0) is 30.7 Å². The number of halogens is 8. The molecule has 0 amide bonds. The van der Waals surface area contributed by atoms with Crippen molar-refractivity contribution < 1.29 is 77.1 Å². The minimum atomic E-state index is -10.3. The number of aryl methyl sites for hydroxylation is 1. The zero-order valence-corrected chi connectivity index (χ0v) is 17.7. The summed E-state index contributed by atoms with van der Waals surface area (Å²) in [7, 11) is -10.3. The fourth-order valence-electron chi connectivity index (χ4n) is 2.72. The minimum Gasteiger partial charge on any atom is -0.475 e. The molecule has 35 heavy (non-hydrogen) atoms. The number of esters is 1. The van der Waals surface area contributed by atoms with E-state index in [1.54, 1.807) is 0 Å². The van der Waals surface area contributed by atoms with Gasteiger partial charge in [0, 0.05) is 5.56 Å². The fraction of sp³-hybridized carbons (Fsp3) is 0.400. The van der Waals surface area contributed by atoms with Crippen LogP contribution in [-0.4, -0.2) is 58.2 Å². The Balaban J connectivity index is 2.53. The number of rotatable bonds is 9. The third kappa shape index (κ3) is 7.20. The lowest BCUT2D eigenvalue weighted by Crippen LogP contribution is -2.42. The van der Waals surface area contributed by atoms with Gasteiger partial charge in [0.1, 0.15) is 20.5 Å². The summed E-state index contributed by atoms with van der Waals surface area (Å²) in [5.41, 5.74) is -3.23. The monoisotopic (exact) mass is 550 g/mol. The standard InChI is InChI=1S/C15H14F8N2O9S/c1-7-2-10(35(19,20,21,22)23)3-8-4-11(13(15(16,17)18)34-12(7)8)14(26)33-9(5-31-24(27)28)6-32-25(29)30/h2-4,9,13H,5-6H2,1H3,(H,27,28)(H,29,30)/q+2/t13-/m0/s1. The van der Waals surface area contributed by atoms with Gasteiger partial charge in [-0.15, -0.1) is 0 Å². The van der Waals surface area contributed by atoms with Crippen molar-refractivity contribution >= 4 is 22.3 Å². The van der Waals surface area contributed by atoms with Gasteiger partial charge in [0.25, 0.3) is 0 Å². The van der Waals surface area contributed by atoms with Crippen LogP contribution in [0.3, 0.4) is 0 Å². The number of hydrogen-bond acceptors (Lipinski definition) is 7. The van der Waals surface area contributed by atoms with Crippen LogP contribution in [0, 0.1) is 16.7 Å². The molecule has 0 fully saturated rings. The topological polar surface area (TPSA) is 135 Å². The van der Waals surface area contributed by atoms with E-state index in [4.69, 9.17) is 10.4 Å². The molecule has 20 heteroatoms. The van der Waals surface area contributed by atoms with Crippen LogP contribution < -0.4 is 4.74 Å². The summed E-state index contributed by atoms with van der Waals surface area (Å²) in [5.74, 6) is -2.85. The Hall–Kier alpha value is -3.58. The van der Waals surface area contributed by atoms with E-state index >= 15 is 0 Å². The number of ether oxygens (including phenoxy) is 2. The summed E-state index contributed by atoms with van der Waals surface area (Å²) in [6.07, 6.45) is -10.3. The number of carbonyl (C=O) groups is 1. The maximum Gasteiger partial charge on any atom is 0.475 e. The summed E-state index contributed by atoms with van der Waals surface area (Å²) in [5, 5.41) is 14.5. The molecule has 0 unspecified atom stereocenters. The van der Waals surface area contributed by atoms with E-state index in [-0.39, 0.29) is 18.2 Å². The first-order chi connectivity index (χ1) is 15.6. The summed E-state index contributed by atoms with van der Waals surface area (Å²) >= 11 is 0. The number of nitrogens with zero attached hydrogens (tertiary/aromatic N) is 2. The predicted molar refractivity (Wildman–Crippen MR) is 93.6 cm³/mol. The van der Waals surface area contributed by atoms with Crippen LogP contribution in [0.25, 0.3) is 6.08 Å². The molecule has 0 saturated carbocycles. The first-order valence-corrected chi connectivity index (χ1v) is 10.7. The molecule has 2 N–H and O–H groups in total. The summed E-state index contributed by atoms with van der Waals surface area (Å²) in [6, 6.07) is -0.321. The molecular weight excluding hydrogens is 536 g/mol. The maximum atomic E-state index is 13.5. The number of benzene rings is 1. The SMILES string of the molecule is Cc1cc(S(F)(F)(F)(F)F)cc2c1O[C@H](C(F)(F)F)C(C(=O)OC(CO[N+](=O)O)CO[N+](=O)O)=C2. The lowest BCUT2D eigenvalue weighted by molar-refractivity contribution is -0.981. The van der Waals surface area contributed by atoms with E-state index in [1.165, 1.54) is 0 Å². The molecule has 1 aliphatic rings. The Morgan fingerprint density at radius 1 is 1.09 bits per heavy atom. The van der Waals surface area contributed by atoms with E-state index in [9.17, 15) is 47.2 Å². The molecule has 1 aromatic rings. The molecule has 0 spiro atoms. The van der Waals surface area contributed by atoms with Gasteiger partial charge >= 0.3 is 32.5 Å². The van der Waals surface area contributed by atoms with E-state index in [0.717, 1.165) is 6.92 Å². The van der Waals surface area contributed by atoms with E-state index < -0.39 is 85.3 Å². The van der Waals surface area contributed by atoms with Crippen molar-refractivity contribution in [3.05, 3.63) is 38.6 Å². The molecule has 1 atom stereocenters. The lowest BCUT2D eigenvalue weighted by Gasteiger charge is -2.41. The van der Waals surface area contributed by atoms with Crippen LogP contribution in [0.1, 0.15) is 11.1 Å².